The molecule has 1 N–H and O–H groups in total. The monoisotopic (exact) mass is 315 g/mol. The van der Waals surface area contributed by atoms with E-state index in [9.17, 15) is 9.59 Å². The number of ether oxygens (including phenoxy) is 1. The van der Waals surface area contributed by atoms with Gasteiger partial charge in [-0.25, -0.2) is 0 Å². The standard InChI is InChI=1S/C18H21NO4/c1-12-6-7-13(2)16(11-12)19-18(21)14(3)23-17(20)9-8-15-5-4-10-22-15/h4-7,10-11,14H,8-9H2,1-3H3,(H,19,21)/t14-/m0/s1. The SMILES string of the molecule is Cc1ccc(C)c(NC(=O)[C@H](C)OC(=O)CCc2ccco2)c1. The van der Waals surface area contributed by atoms with Crippen LogP contribution in [0.4, 0.5) is 5.69 Å². The van der Waals surface area contributed by atoms with Crippen LogP contribution in [0.2, 0.25) is 0 Å². The van der Waals surface area contributed by atoms with E-state index in [4.69, 9.17) is 9.15 Å². The highest BCUT2D eigenvalue weighted by Gasteiger charge is 2.18. The summed E-state index contributed by atoms with van der Waals surface area (Å²) in [6.45, 7) is 5.42. The number of hydrogen-bond acceptors (Lipinski definition) is 4. The molecule has 0 saturated carbocycles. The highest BCUT2D eigenvalue weighted by atomic mass is 16.5. The molecule has 2 rings (SSSR count). The van der Waals surface area contributed by atoms with E-state index in [0.717, 1.165) is 22.6 Å². The zero-order valence-corrected chi connectivity index (χ0v) is 13.6. The summed E-state index contributed by atoms with van der Waals surface area (Å²) in [5, 5.41) is 2.79. The van der Waals surface area contributed by atoms with Crippen LogP contribution >= 0.6 is 0 Å². The summed E-state index contributed by atoms with van der Waals surface area (Å²) in [4.78, 5) is 23.9. The Labute approximate surface area is 135 Å². The molecule has 122 valence electrons. The van der Waals surface area contributed by atoms with E-state index < -0.39 is 12.1 Å². The zero-order chi connectivity index (χ0) is 16.8. The van der Waals surface area contributed by atoms with Crippen LogP contribution in [0.3, 0.4) is 0 Å². The average molecular weight is 315 g/mol. The van der Waals surface area contributed by atoms with Crippen molar-refractivity contribution >= 4 is 17.6 Å². The van der Waals surface area contributed by atoms with Crippen LogP contribution in [-0.2, 0) is 20.7 Å². The van der Waals surface area contributed by atoms with E-state index in [1.54, 1.807) is 25.3 Å². The van der Waals surface area contributed by atoms with Crippen molar-refractivity contribution in [2.24, 2.45) is 0 Å². The number of furan rings is 1. The van der Waals surface area contributed by atoms with E-state index >= 15 is 0 Å². The fraction of sp³-hybridized carbons (Fsp3) is 0.333. The number of amides is 1. The van der Waals surface area contributed by atoms with Crippen LogP contribution in [0.15, 0.2) is 41.0 Å². The van der Waals surface area contributed by atoms with Crippen LogP contribution in [-0.4, -0.2) is 18.0 Å². The first-order valence-electron chi connectivity index (χ1n) is 7.55. The van der Waals surface area contributed by atoms with Gasteiger partial charge in [-0.3, -0.25) is 9.59 Å². The van der Waals surface area contributed by atoms with Gasteiger partial charge in [-0.15, -0.1) is 0 Å². The normalized spacial score (nSPS) is 11.8. The maximum Gasteiger partial charge on any atom is 0.307 e. The minimum Gasteiger partial charge on any atom is -0.469 e. The Morgan fingerprint density at radius 1 is 1.26 bits per heavy atom. The molecule has 0 spiro atoms. The molecule has 1 heterocycles. The van der Waals surface area contributed by atoms with E-state index in [2.05, 4.69) is 5.32 Å². The van der Waals surface area contributed by atoms with Gasteiger partial charge in [0.15, 0.2) is 6.10 Å². The number of nitrogens with one attached hydrogen (secondary N) is 1. The third-order valence-electron chi connectivity index (χ3n) is 3.48. The van der Waals surface area contributed by atoms with E-state index in [0.29, 0.717) is 6.42 Å². The summed E-state index contributed by atoms with van der Waals surface area (Å²) < 4.78 is 10.3. The summed E-state index contributed by atoms with van der Waals surface area (Å²) in [5.41, 5.74) is 2.74. The van der Waals surface area contributed by atoms with Crippen LogP contribution in [0.1, 0.15) is 30.2 Å². The van der Waals surface area contributed by atoms with Gasteiger partial charge in [0.2, 0.25) is 0 Å². The smallest absolute Gasteiger partial charge is 0.307 e. The molecule has 0 aliphatic rings. The number of aryl methyl sites for hydroxylation is 3. The van der Waals surface area contributed by atoms with E-state index in [-0.39, 0.29) is 12.3 Å². The molecular formula is C18H21NO4. The molecule has 1 amide bonds. The predicted molar refractivity (Wildman–Crippen MR) is 87.1 cm³/mol. The number of rotatable bonds is 6. The Balaban J connectivity index is 1.84. The Bertz CT molecular complexity index is 676. The molecule has 2 aromatic rings. The first-order valence-corrected chi connectivity index (χ1v) is 7.55. The lowest BCUT2D eigenvalue weighted by Crippen LogP contribution is -2.30. The first kappa shape index (κ1) is 16.8. The van der Waals surface area contributed by atoms with Crippen molar-refractivity contribution in [1.82, 2.24) is 0 Å². The summed E-state index contributed by atoms with van der Waals surface area (Å²) >= 11 is 0. The molecule has 1 aromatic carbocycles. The van der Waals surface area contributed by atoms with Crippen molar-refractivity contribution in [1.29, 1.82) is 0 Å². The maximum absolute atomic E-state index is 12.1. The summed E-state index contributed by atoms with van der Waals surface area (Å²) in [6.07, 6.45) is 1.34. The third kappa shape index (κ3) is 4.98. The molecule has 5 nitrogen and oxygen atoms in total. The van der Waals surface area contributed by atoms with Crippen LogP contribution < -0.4 is 5.32 Å². The Hall–Kier alpha value is -2.56. The molecule has 0 aliphatic heterocycles. The Morgan fingerprint density at radius 2 is 2.04 bits per heavy atom. The highest BCUT2D eigenvalue weighted by Crippen LogP contribution is 2.17. The molecule has 1 aromatic heterocycles. The molecule has 5 heteroatoms. The largest absolute Gasteiger partial charge is 0.469 e. The predicted octanol–water partition coefficient (Wildman–Crippen LogP) is 3.40. The summed E-state index contributed by atoms with van der Waals surface area (Å²) in [5.74, 6) is -0.0514. The molecule has 0 fully saturated rings. The zero-order valence-electron chi connectivity index (χ0n) is 13.6. The fourth-order valence-electron chi connectivity index (χ4n) is 2.09. The summed E-state index contributed by atoms with van der Waals surface area (Å²) in [6, 6.07) is 9.36. The molecule has 0 bridgehead atoms. The van der Waals surface area contributed by atoms with Crippen molar-refractivity contribution in [2.75, 3.05) is 5.32 Å². The van der Waals surface area contributed by atoms with Gasteiger partial charge in [0.25, 0.3) is 5.91 Å². The minimum absolute atomic E-state index is 0.175. The van der Waals surface area contributed by atoms with Gasteiger partial charge in [0.05, 0.1) is 12.7 Å². The highest BCUT2D eigenvalue weighted by molar-refractivity contribution is 5.95. The van der Waals surface area contributed by atoms with Crippen molar-refractivity contribution in [3.8, 4) is 0 Å². The van der Waals surface area contributed by atoms with Gasteiger partial charge in [-0.2, -0.15) is 0 Å². The lowest BCUT2D eigenvalue weighted by Gasteiger charge is -2.15. The number of benzene rings is 1. The lowest BCUT2D eigenvalue weighted by atomic mass is 10.1. The topological polar surface area (TPSA) is 68.5 Å². The van der Waals surface area contributed by atoms with Gasteiger partial charge < -0.3 is 14.5 Å². The Kier molecular flexibility index (Phi) is 5.57. The van der Waals surface area contributed by atoms with Gasteiger partial charge in [-0.1, -0.05) is 12.1 Å². The number of hydrogen-bond donors (Lipinski definition) is 1. The summed E-state index contributed by atoms with van der Waals surface area (Å²) in [7, 11) is 0. The van der Waals surface area contributed by atoms with Crippen LogP contribution in [0, 0.1) is 13.8 Å². The van der Waals surface area contributed by atoms with Gasteiger partial charge in [0.1, 0.15) is 5.76 Å². The number of anilines is 1. The number of carbonyl (C=O) groups excluding carboxylic acids is 2. The first-order chi connectivity index (χ1) is 11.0. The van der Waals surface area contributed by atoms with Gasteiger partial charge >= 0.3 is 5.97 Å². The van der Waals surface area contributed by atoms with Gasteiger partial charge in [-0.05, 0) is 50.1 Å². The second kappa shape index (κ2) is 7.63. The Morgan fingerprint density at radius 3 is 2.74 bits per heavy atom. The molecule has 0 saturated heterocycles. The molecule has 0 unspecified atom stereocenters. The molecule has 1 atom stereocenters. The minimum atomic E-state index is -0.848. The number of esters is 1. The van der Waals surface area contributed by atoms with Gasteiger partial charge in [0, 0.05) is 12.1 Å². The lowest BCUT2D eigenvalue weighted by molar-refractivity contribution is -0.153. The van der Waals surface area contributed by atoms with Crippen molar-refractivity contribution < 1.29 is 18.7 Å². The molecule has 23 heavy (non-hydrogen) atoms. The van der Waals surface area contributed by atoms with E-state index in [1.807, 2.05) is 32.0 Å². The van der Waals surface area contributed by atoms with Crippen LogP contribution in [0.5, 0.6) is 0 Å². The second-order valence-electron chi connectivity index (χ2n) is 5.52. The fourth-order valence-corrected chi connectivity index (χ4v) is 2.09. The van der Waals surface area contributed by atoms with Crippen LogP contribution in [0.25, 0.3) is 0 Å². The second-order valence-corrected chi connectivity index (χ2v) is 5.52. The number of carbonyl (C=O) groups is 2. The van der Waals surface area contributed by atoms with Crippen molar-refractivity contribution in [3.05, 3.63) is 53.5 Å². The molecule has 0 radical (unpaired) electrons. The quantitative estimate of drug-likeness (QED) is 0.830. The third-order valence-corrected chi connectivity index (χ3v) is 3.48. The van der Waals surface area contributed by atoms with E-state index in [1.165, 1.54) is 0 Å². The maximum atomic E-state index is 12.1. The average Bonchev–Trinajstić information content (AvgIpc) is 3.02. The van der Waals surface area contributed by atoms with Crippen molar-refractivity contribution in [2.45, 2.75) is 39.7 Å². The molecular weight excluding hydrogens is 294 g/mol. The molecule has 0 aliphatic carbocycles. The van der Waals surface area contributed by atoms with Crippen molar-refractivity contribution in [3.63, 3.8) is 0 Å².